The van der Waals surface area contributed by atoms with Gasteiger partial charge in [0.25, 0.3) is 0 Å². The fourth-order valence-corrected chi connectivity index (χ4v) is 5.05. The Balaban J connectivity index is 1.83. The predicted molar refractivity (Wildman–Crippen MR) is 98.0 cm³/mol. The first kappa shape index (κ1) is 17.3. The highest BCUT2D eigenvalue weighted by atomic mass is 35.5. The van der Waals surface area contributed by atoms with Crippen LogP contribution in [0.1, 0.15) is 17.3 Å². The molecule has 0 aliphatic carbocycles. The van der Waals surface area contributed by atoms with Gasteiger partial charge in [-0.05, 0) is 54.1 Å². The summed E-state index contributed by atoms with van der Waals surface area (Å²) >= 11 is 5.89. The molecule has 0 saturated carbocycles. The third-order valence-corrected chi connectivity index (χ3v) is 6.73. The maximum Gasteiger partial charge on any atom is 0.244 e. The summed E-state index contributed by atoms with van der Waals surface area (Å²) < 4.78 is 43.4. The molecule has 26 heavy (non-hydrogen) atoms. The molecule has 3 aromatic rings. The van der Waals surface area contributed by atoms with Crippen molar-refractivity contribution >= 4 is 21.6 Å². The van der Waals surface area contributed by atoms with Crippen molar-refractivity contribution in [3.63, 3.8) is 0 Å². The van der Waals surface area contributed by atoms with Crippen molar-refractivity contribution in [2.45, 2.75) is 17.5 Å². The third kappa shape index (κ3) is 2.94. The standard InChI is InChI=1S/C19H16ClFN2O2S/c20-15-5-9-17(10-6-15)26(24,25)23-13-12-22-11-1-2-18(22)19(23)14-3-7-16(21)8-4-14/h1-11,19H,12-13H2/t19-/m1/s1. The van der Waals surface area contributed by atoms with E-state index in [1.807, 2.05) is 22.9 Å². The van der Waals surface area contributed by atoms with Crippen LogP contribution in [0.25, 0.3) is 0 Å². The van der Waals surface area contributed by atoms with E-state index in [1.54, 1.807) is 24.3 Å². The number of rotatable bonds is 3. The van der Waals surface area contributed by atoms with Gasteiger partial charge in [-0.2, -0.15) is 4.31 Å². The van der Waals surface area contributed by atoms with Crippen molar-refractivity contribution < 1.29 is 12.8 Å². The minimum absolute atomic E-state index is 0.189. The monoisotopic (exact) mass is 390 g/mol. The first-order valence-corrected chi connectivity index (χ1v) is 9.96. The molecule has 1 atom stereocenters. The second-order valence-electron chi connectivity index (χ2n) is 6.15. The summed E-state index contributed by atoms with van der Waals surface area (Å²) in [5.74, 6) is -0.355. The molecule has 2 aromatic carbocycles. The summed E-state index contributed by atoms with van der Waals surface area (Å²) in [5.41, 5.74) is 1.59. The molecule has 0 fully saturated rings. The summed E-state index contributed by atoms with van der Waals surface area (Å²) in [6, 6.07) is 15.4. The average Bonchev–Trinajstić information content (AvgIpc) is 3.11. The summed E-state index contributed by atoms with van der Waals surface area (Å²) in [7, 11) is -3.74. The lowest BCUT2D eigenvalue weighted by Crippen LogP contribution is -2.42. The number of halogens is 2. The van der Waals surface area contributed by atoms with Crippen LogP contribution in [0.4, 0.5) is 4.39 Å². The number of fused-ring (bicyclic) bond motifs is 1. The quantitative estimate of drug-likeness (QED) is 0.676. The van der Waals surface area contributed by atoms with Gasteiger partial charge in [0.15, 0.2) is 0 Å². The van der Waals surface area contributed by atoms with Crippen molar-refractivity contribution in [3.05, 3.63) is 89.0 Å². The molecule has 2 heterocycles. The topological polar surface area (TPSA) is 42.3 Å². The predicted octanol–water partition coefficient (Wildman–Crippen LogP) is 4.07. The zero-order valence-corrected chi connectivity index (χ0v) is 15.3. The molecule has 0 bridgehead atoms. The van der Waals surface area contributed by atoms with Gasteiger partial charge in [-0.3, -0.25) is 0 Å². The van der Waals surface area contributed by atoms with Gasteiger partial charge in [-0.1, -0.05) is 23.7 Å². The molecule has 1 aromatic heterocycles. The molecule has 1 aliphatic rings. The Bertz CT molecular complexity index is 1030. The number of hydrogen-bond donors (Lipinski definition) is 0. The van der Waals surface area contributed by atoms with Crippen molar-refractivity contribution in [2.75, 3.05) is 6.54 Å². The van der Waals surface area contributed by atoms with Crippen LogP contribution in [-0.2, 0) is 16.6 Å². The number of nitrogens with zero attached hydrogens (tertiary/aromatic N) is 2. The Morgan fingerprint density at radius 1 is 0.962 bits per heavy atom. The van der Waals surface area contributed by atoms with E-state index in [4.69, 9.17) is 11.6 Å². The van der Waals surface area contributed by atoms with Crippen molar-refractivity contribution in [1.82, 2.24) is 8.87 Å². The molecule has 0 radical (unpaired) electrons. The molecule has 4 nitrogen and oxygen atoms in total. The van der Waals surface area contributed by atoms with Gasteiger partial charge < -0.3 is 4.57 Å². The van der Waals surface area contributed by atoms with Gasteiger partial charge in [0, 0.05) is 30.0 Å². The van der Waals surface area contributed by atoms with Crippen LogP contribution in [-0.4, -0.2) is 23.8 Å². The van der Waals surface area contributed by atoms with Crippen molar-refractivity contribution in [1.29, 1.82) is 0 Å². The molecule has 0 saturated heterocycles. The highest BCUT2D eigenvalue weighted by Gasteiger charge is 2.37. The van der Waals surface area contributed by atoms with Crippen LogP contribution in [0.3, 0.4) is 0 Å². The van der Waals surface area contributed by atoms with Crippen LogP contribution < -0.4 is 0 Å². The lowest BCUT2D eigenvalue weighted by atomic mass is 10.0. The normalized spacial score (nSPS) is 17.8. The van der Waals surface area contributed by atoms with Crippen molar-refractivity contribution in [3.8, 4) is 0 Å². The Morgan fingerprint density at radius 3 is 2.35 bits per heavy atom. The van der Waals surface area contributed by atoms with Crippen LogP contribution >= 0.6 is 11.6 Å². The molecular formula is C19H16ClFN2O2S. The molecule has 134 valence electrons. The summed E-state index contributed by atoms with van der Waals surface area (Å²) in [5, 5.41) is 0.478. The number of aromatic nitrogens is 1. The molecular weight excluding hydrogens is 375 g/mol. The fourth-order valence-electron chi connectivity index (χ4n) is 3.35. The highest BCUT2D eigenvalue weighted by molar-refractivity contribution is 7.89. The van der Waals surface area contributed by atoms with E-state index >= 15 is 0 Å². The molecule has 0 N–H and O–H groups in total. The van der Waals surface area contributed by atoms with Gasteiger partial charge in [-0.25, -0.2) is 12.8 Å². The Hall–Kier alpha value is -2.15. The van der Waals surface area contributed by atoms with Gasteiger partial charge in [0.1, 0.15) is 5.82 Å². The molecule has 4 rings (SSSR count). The minimum Gasteiger partial charge on any atom is -0.348 e. The Kier molecular flexibility index (Phi) is 4.34. The van der Waals surface area contributed by atoms with E-state index in [2.05, 4.69) is 0 Å². The van der Waals surface area contributed by atoms with Gasteiger partial charge in [0.2, 0.25) is 10.0 Å². The SMILES string of the molecule is O=S(=O)(c1ccc(Cl)cc1)N1CCn2cccc2[C@H]1c1ccc(F)cc1. The van der Waals surface area contributed by atoms with Gasteiger partial charge in [-0.15, -0.1) is 0 Å². The number of benzene rings is 2. The van der Waals surface area contributed by atoms with Gasteiger partial charge in [0.05, 0.1) is 10.9 Å². The van der Waals surface area contributed by atoms with E-state index in [1.165, 1.54) is 28.6 Å². The molecule has 0 unspecified atom stereocenters. The smallest absolute Gasteiger partial charge is 0.244 e. The van der Waals surface area contributed by atoms with Crippen LogP contribution in [0.5, 0.6) is 0 Å². The van der Waals surface area contributed by atoms with E-state index < -0.39 is 16.1 Å². The lowest BCUT2D eigenvalue weighted by Gasteiger charge is -2.36. The van der Waals surface area contributed by atoms with E-state index in [-0.39, 0.29) is 10.7 Å². The van der Waals surface area contributed by atoms with Gasteiger partial charge >= 0.3 is 0 Å². The Morgan fingerprint density at radius 2 is 1.65 bits per heavy atom. The molecule has 1 aliphatic heterocycles. The van der Waals surface area contributed by atoms with E-state index in [0.717, 1.165) is 11.3 Å². The van der Waals surface area contributed by atoms with Crippen LogP contribution in [0.2, 0.25) is 5.02 Å². The second-order valence-corrected chi connectivity index (χ2v) is 8.48. The Labute approximate surface area is 156 Å². The van der Waals surface area contributed by atoms with E-state index in [9.17, 15) is 12.8 Å². The second kappa shape index (κ2) is 6.54. The average molecular weight is 391 g/mol. The molecule has 7 heteroatoms. The number of sulfonamides is 1. The van der Waals surface area contributed by atoms with Crippen molar-refractivity contribution in [2.24, 2.45) is 0 Å². The molecule has 0 amide bonds. The molecule has 0 spiro atoms. The zero-order chi connectivity index (χ0) is 18.3. The van der Waals surface area contributed by atoms with Crippen LogP contribution in [0, 0.1) is 5.82 Å². The summed E-state index contributed by atoms with van der Waals surface area (Å²) in [6.07, 6.45) is 1.93. The zero-order valence-electron chi connectivity index (χ0n) is 13.7. The highest BCUT2D eigenvalue weighted by Crippen LogP contribution is 2.36. The fraction of sp³-hybridized carbons (Fsp3) is 0.158. The maximum atomic E-state index is 13.4. The summed E-state index contributed by atoms with van der Waals surface area (Å²) in [4.78, 5) is 0.189. The lowest BCUT2D eigenvalue weighted by molar-refractivity contribution is 0.298. The largest absolute Gasteiger partial charge is 0.348 e. The first-order valence-electron chi connectivity index (χ1n) is 8.15. The maximum absolute atomic E-state index is 13.4. The van der Waals surface area contributed by atoms with Crippen LogP contribution in [0.15, 0.2) is 71.8 Å². The minimum atomic E-state index is -3.74. The number of hydrogen-bond acceptors (Lipinski definition) is 2. The summed E-state index contributed by atoms with van der Waals surface area (Å²) in [6.45, 7) is 0.890. The van der Waals surface area contributed by atoms with E-state index in [0.29, 0.717) is 18.1 Å². The first-order chi connectivity index (χ1) is 12.5. The third-order valence-electron chi connectivity index (χ3n) is 4.60.